The molecule has 0 spiro atoms. The van der Waals surface area contributed by atoms with Crippen molar-refractivity contribution in [2.24, 2.45) is 0 Å². The van der Waals surface area contributed by atoms with Gasteiger partial charge in [0.25, 0.3) is 5.91 Å². The molecule has 0 atom stereocenters. The van der Waals surface area contributed by atoms with E-state index in [0.29, 0.717) is 5.56 Å². The average molecular weight is 213 g/mol. The van der Waals surface area contributed by atoms with E-state index in [1.165, 1.54) is 6.07 Å². The molecule has 1 amide bonds. The van der Waals surface area contributed by atoms with Crippen molar-refractivity contribution < 1.29 is 18.4 Å². The van der Waals surface area contributed by atoms with Crippen molar-refractivity contribution in [3.8, 4) is 0 Å². The Bertz CT molecular complexity index is 404. The second-order valence-corrected chi connectivity index (χ2v) is 2.99. The Morgan fingerprint density at radius 2 is 1.93 bits per heavy atom. The molecular formula is C10H9F2NO2. The fourth-order valence-electron chi connectivity index (χ4n) is 0.956. The summed E-state index contributed by atoms with van der Waals surface area (Å²) in [5.41, 5.74) is 0.392. The summed E-state index contributed by atoms with van der Waals surface area (Å²) in [6, 6.07) is 3.26. The van der Waals surface area contributed by atoms with E-state index < -0.39 is 23.3 Å². The number of ketones is 1. The predicted molar refractivity (Wildman–Crippen MR) is 48.9 cm³/mol. The van der Waals surface area contributed by atoms with E-state index in [1.807, 2.05) is 0 Å². The van der Waals surface area contributed by atoms with Gasteiger partial charge in [-0.2, -0.15) is 0 Å². The number of nitrogens with one attached hydrogen (secondary N) is 1. The van der Waals surface area contributed by atoms with Gasteiger partial charge in [0.15, 0.2) is 11.6 Å². The molecule has 1 rings (SSSR count). The maximum atomic E-state index is 12.7. The van der Waals surface area contributed by atoms with Crippen LogP contribution in [0.2, 0.25) is 0 Å². The molecule has 0 aliphatic rings. The standard InChI is InChI=1S/C10H9F2NO2/c1-6(14)10(15)13-5-7-2-3-8(11)9(12)4-7/h2-4H,5H2,1H3,(H,13,15). The van der Waals surface area contributed by atoms with Gasteiger partial charge in [-0.05, 0) is 17.7 Å². The summed E-state index contributed by atoms with van der Waals surface area (Å²) in [6.07, 6.45) is 0. The Hall–Kier alpha value is -1.78. The molecule has 0 aliphatic heterocycles. The van der Waals surface area contributed by atoms with Crippen molar-refractivity contribution in [1.82, 2.24) is 5.32 Å². The minimum absolute atomic E-state index is 0.00435. The fraction of sp³-hybridized carbons (Fsp3) is 0.200. The summed E-state index contributed by atoms with van der Waals surface area (Å²) >= 11 is 0. The Labute approximate surface area is 85.1 Å². The molecule has 1 aromatic rings. The molecule has 0 heterocycles. The van der Waals surface area contributed by atoms with Gasteiger partial charge in [-0.25, -0.2) is 8.78 Å². The zero-order chi connectivity index (χ0) is 11.4. The molecule has 0 unspecified atom stereocenters. The average Bonchev–Trinajstić information content (AvgIpc) is 2.19. The van der Waals surface area contributed by atoms with Gasteiger partial charge in [0.2, 0.25) is 5.78 Å². The van der Waals surface area contributed by atoms with E-state index in [0.717, 1.165) is 19.1 Å². The van der Waals surface area contributed by atoms with Crippen molar-refractivity contribution in [3.63, 3.8) is 0 Å². The van der Waals surface area contributed by atoms with Crippen LogP contribution < -0.4 is 5.32 Å². The normalized spacial score (nSPS) is 9.80. The van der Waals surface area contributed by atoms with E-state index in [4.69, 9.17) is 0 Å². The molecule has 5 heteroatoms. The first-order valence-corrected chi connectivity index (χ1v) is 4.23. The van der Waals surface area contributed by atoms with Gasteiger partial charge in [0.05, 0.1) is 0 Å². The van der Waals surface area contributed by atoms with Crippen LogP contribution in [0.5, 0.6) is 0 Å². The predicted octanol–water partition coefficient (Wildman–Crippen LogP) is 1.17. The molecule has 80 valence electrons. The van der Waals surface area contributed by atoms with Gasteiger partial charge in [-0.1, -0.05) is 6.07 Å². The third-order valence-electron chi connectivity index (χ3n) is 1.76. The number of hydrogen-bond donors (Lipinski definition) is 1. The molecule has 0 aromatic heterocycles. The molecule has 0 aliphatic carbocycles. The van der Waals surface area contributed by atoms with E-state index in [9.17, 15) is 18.4 Å². The van der Waals surface area contributed by atoms with Gasteiger partial charge in [-0.15, -0.1) is 0 Å². The third-order valence-corrected chi connectivity index (χ3v) is 1.76. The van der Waals surface area contributed by atoms with Crippen LogP contribution in [-0.4, -0.2) is 11.7 Å². The number of carbonyl (C=O) groups excluding carboxylic acids is 2. The van der Waals surface area contributed by atoms with Crippen LogP contribution in [0.3, 0.4) is 0 Å². The van der Waals surface area contributed by atoms with E-state index in [1.54, 1.807) is 0 Å². The number of rotatable bonds is 3. The molecule has 0 fully saturated rings. The van der Waals surface area contributed by atoms with Crippen molar-refractivity contribution in [2.75, 3.05) is 0 Å². The third kappa shape index (κ3) is 3.12. The van der Waals surface area contributed by atoms with Crippen LogP contribution in [0.1, 0.15) is 12.5 Å². The Morgan fingerprint density at radius 1 is 1.27 bits per heavy atom. The highest BCUT2D eigenvalue weighted by Crippen LogP contribution is 2.08. The number of amides is 1. The van der Waals surface area contributed by atoms with Crippen molar-refractivity contribution in [3.05, 3.63) is 35.4 Å². The van der Waals surface area contributed by atoms with Gasteiger partial charge >= 0.3 is 0 Å². The molecule has 3 nitrogen and oxygen atoms in total. The van der Waals surface area contributed by atoms with Crippen molar-refractivity contribution in [2.45, 2.75) is 13.5 Å². The molecule has 15 heavy (non-hydrogen) atoms. The second-order valence-electron chi connectivity index (χ2n) is 2.99. The summed E-state index contributed by atoms with van der Waals surface area (Å²) in [7, 11) is 0. The van der Waals surface area contributed by atoms with Gasteiger partial charge < -0.3 is 5.32 Å². The van der Waals surface area contributed by atoms with Crippen molar-refractivity contribution in [1.29, 1.82) is 0 Å². The summed E-state index contributed by atoms with van der Waals surface area (Å²) in [5, 5.41) is 2.27. The van der Waals surface area contributed by atoms with E-state index in [-0.39, 0.29) is 6.54 Å². The lowest BCUT2D eigenvalue weighted by Gasteiger charge is -2.03. The maximum Gasteiger partial charge on any atom is 0.287 e. The van der Waals surface area contributed by atoms with Gasteiger partial charge in [0.1, 0.15) is 0 Å². The highest BCUT2D eigenvalue weighted by Gasteiger charge is 2.07. The van der Waals surface area contributed by atoms with Crippen LogP contribution in [0.25, 0.3) is 0 Å². The van der Waals surface area contributed by atoms with Crippen LogP contribution >= 0.6 is 0 Å². The lowest BCUT2D eigenvalue weighted by Crippen LogP contribution is -2.28. The summed E-state index contributed by atoms with van der Waals surface area (Å²) < 4.78 is 25.2. The quantitative estimate of drug-likeness (QED) is 0.766. The number of carbonyl (C=O) groups is 2. The zero-order valence-electron chi connectivity index (χ0n) is 8.01. The first kappa shape index (κ1) is 11.3. The maximum absolute atomic E-state index is 12.7. The van der Waals surface area contributed by atoms with E-state index >= 15 is 0 Å². The SMILES string of the molecule is CC(=O)C(=O)NCc1ccc(F)c(F)c1. The van der Waals surface area contributed by atoms with Crippen LogP contribution in [-0.2, 0) is 16.1 Å². The van der Waals surface area contributed by atoms with E-state index in [2.05, 4.69) is 5.32 Å². The molecule has 0 radical (unpaired) electrons. The first-order chi connectivity index (χ1) is 7.00. The van der Waals surface area contributed by atoms with Gasteiger partial charge in [-0.3, -0.25) is 9.59 Å². The highest BCUT2D eigenvalue weighted by molar-refractivity contribution is 6.35. The minimum Gasteiger partial charge on any atom is -0.345 e. The largest absolute Gasteiger partial charge is 0.345 e. The van der Waals surface area contributed by atoms with Crippen LogP contribution in [0, 0.1) is 11.6 Å². The van der Waals surface area contributed by atoms with Crippen LogP contribution in [0.4, 0.5) is 8.78 Å². The summed E-state index contributed by atoms with van der Waals surface area (Å²) in [5.74, 6) is -3.31. The minimum atomic E-state index is -0.982. The second kappa shape index (κ2) is 4.63. The smallest absolute Gasteiger partial charge is 0.287 e. The Kier molecular flexibility index (Phi) is 3.49. The molecule has 0 saturated heterocycles. The fourth-order valence-corrected chi connectivity index (χ4v) is 0.956. The zero-order valence-corrected chi connectivity index (χ0v) is 8.01. The Balaban J connectivity index is 2.62. The topological polar surface area (TPSA) is 46.2 Å². The molecule has 1 N–H and O–H groups in total. The molecule has 0 saturated carbocycles. The van der Waals surface area contributed by atoms with Crippen molar-refractivity contribution >= 4 is 11.7 Å². The highest BCUT2D eigenvalue weighted by atomic mass is 19.2. The number of halogens is 2. The van der Waals surface area contributed by atoms with Crippen LogP contribution in [0.15, 0.2) is 18.2 Å². The summed E-state index contributed by atoms with van der Waals surface area (Å²) in [4.78, 5) is 21.4. The number of hydrogen-bond acceptors (Lipinski definition) is 2. The number of Topliss-reactive ketones (excluding diaryl/α,β-unsaturated/α-hetero) is 1. The van der Waals surface area contributed by atoms with Gasteiger partial charge in [0, 0.05) is 13.5 Å². The summed E-state index contributed by atoms with van der Waals surface area (Å²) in [6.45, 7) is 1.12. The molecule has 0 bridgehead atoms. The first-order valence-electron chi connectivity index (χ1n) is 4.23. The Morgan fingerprint density at radius 3 is 2.47 bits per heavy atom. The lowest BCUT2D eigenvalue weighted by molar-refractivity contribution is -0.136. The molecule has 1 aromatic carbocycles. The monoisotopic (exact) mass is 213 g/mol. The molecular weight excluding hydrogens is 204 g/mol. The number of benzene rings is 1. The lowest BCUT2D eigenvalue weighted by atomic mass is 10.2.